The normalized spacial score (nSPS) is 17.5. The van der Waals surface area contributed by atoms with Crippen molar-refractivity contribution < 1.29 is 22.4 Å². The van der Waals surface area contributed by atoms with E-state index in [1.165, 1.54) is 29.4 Å². The fraction of sp³-hybridized carbons (Fsp3) is 0.391. The van der Waals surface area contributed by atoms with E-state index in [4.69, 9.17) is 11.6 Å². The van der Waals surface area contributed by atoms with Gasteiger partial charge in [0.15, 0.2) is 0 Å². The molecule has 0 atom stereocenters. The molecule has 0 aliphatic carbocycles. The first-order chi connectivity index (χ1) is 15.7. The summed E-state index contributed by atoms with van der Waals surface area (Å²) in [5, 5.41) is 2.64. The molecule has 0 radical (unpaired) electrons. The Morgan fingerprint density at radius 1 is 1.09 bits per heavy atom. The molecule has 2 aromatic carbocycles. The highest BCUT2D eigenvalue weighted by molar-refractivity contribution is 7.89. The Bertz CT molecular complexity index is 1200. The summed E-state index contributed by atoms with van der Waals surface area (Å²) in [6, 6.07) is 8.88. The molecule has 33 heavy (non-hydrogen) atoms. The van der Waals surface area contributed by atoms with Crippen LogP contribution >= 0.6 is 11.6 Å². The van der Waals surface area contributed by atoms with E-state index in [1.54, 1.807) is 23.1 Å². The number of sulfonamides is 1. The predicted molar refractivity (Wildman–Crippen MR) is 124 cm³/mol. The lowest BCUT2D eigenvalue weighted by Gasteiger charge is -2.32. The number of hydrogen-bond acceptors (Lipinski definition) is 4. The van der Waals surface area contributed by atoms with Gasteiger partial charge in [-0.25, -0.2) is 12.8 Å². The monoisotopic (exact) mass is 493 g/mol. The Labute approximate surface area is 197 Å². The third kappa shape index (κ3) is 4.90. The zero-order chi connectivity index (χ0) is 23.8. The molecule has 2 heterocycles. The van der Waals surface area contributed by atoms with Crippen molar-refractivity contribution >= 4 is 44.8 Å². The second kappa shape index (κ2) is 9.40. The molecule has 0 spiro atoms. The Morgan fingerprint density at radius 3 is 2.48 bits per heavy atom. The predicted octanol–water partition coefficient (Wildman–Crippen LogP) is 3.82. The van der Waals surface area contributed by atoms with Crippen molar-refractivity contribution in [3.8, 4) is 0 Å². The van der Waals surface area contributed by atoms with E-state index in [9.17, 15) is 22.4 Å². The molecule has 0 saturated carbocycles. The molecule has 1 N–H and O–H groups in total. The van der Waals surface area contributed by atoms with Crippen LogP contribution in [0.4, 0.5) is 15.8 Å². The van der Waals surface area contributed by atoms with Crippen molar-refractivity contribution in [2.45, 2.75) is 37.5 Å². The van der Waals surface area contributed by atoms with Crippen LogP contribution in [0.5, 0.6) is 0 Å². The SMILES string of the molecule is CC(=O)N1CCCc2cc(S(=O)(=O)N3CCC(C(=O)Nc4ccc(F)c(Cl)c4)CC3)ccc21. The van der Waals surface area contributed by atoms with Gasteiger partial charge in [-0.05, 0) is 67.6 Å². The maximum absolute atomic E-state index is 13.3. The average molecular weight is 494 g/mol. The van der Waals surface area contributed by atoms with Crippen molar-refractivity contribution in [2.75, 3.05) is 29.9 Å². The van der Waals surface area contributed by atoms with Gasteiger partial charge >= 0.3 is 0 Å². The van der Waals surface area contributed by atoms with Crippen LogP contribution in [-0.2, 0) is 26.0 Å². The van der Waals surface area contributed by atoms with E-state index in [0.717, 1.165) is 24.1 Å². The first-order valence-corrected chi connectivity index (χ1v) is 12.7. The summed E-state index contributed by atoms with van der Waals surface area (Å²) >= 11 is 5.76. The van der Waals surface area contributed by atoms with E-state index < -0.39 is 15.8 Å². The highest BCUT2D eigenvalue weighted by Crippen LogP contribution is 2.32. The van der Waals surface area contributed by atoms with Gasteiger partial charge in [0.05, 0.1) is 9.92 Å². The van der Waals surface area contributed by atoms with Crippen LogP contribution in [0.1, 0.15) is 31.7 Å². The molecule has 2 amide bonds. The molecule has 10 heteroatoms. The summed E-state index contributed by atoms with van der Waals surface area (Å²) in [5.41, 5.74) is 2.02. The summed E-state index contributed by atoms with van der Waals surface area (Å²) in [6.07, 6.45) is 2.26. The van der Waals surface area contributed by atoms with E-state index in [1.807, 2.05) is 0 Å². The minimum absolute atomic E-state index is 0.0604. The molecule has 7 nitrogen and oxygen atoms in total. The van der Waals surface area contributed by atoms with Crippen LogP contribution in [0.2, 0.25) is 5.02 Å². The van der Waals surface area contributed by atoms with E-state index in [2.05, 4.69) is 5.32 Å². The van der Waals surface area contributed by atoms with Gasteiger partial charge in [-0.3, -0.25) is 9.59 Å². The van der Waals surface area contributed by atoms with E-state index in [0.29, 0.717) is 25.1 Å². The van der Waals surface area contributed by atoms with Crippen molar-refractivity contribution in [3.05, 3.63) is 52.8 Å². The summed E-state index contributed by atoms with van der Waals surface area (Å²) in [4.78, 5) is 26.3. The Kier molecular flexibility index (Phi) is 6.74. The Balaban J connectivity index is 1.42. The maximum atomic E-state index is 13.3. The standard InChI is InChI=1S/C23H25ClFN3O4S/c1-15(29)28-10-2-3-17-13-19(5-7-22(17)28)33(31,32)27-11-8-16(9-12-27)23(30)26-18-4-6-21(25)20(24)14-18/h4-7,13-14,16H,2-3,8-12H2,1H3,(H,26,30). The molecule has 1 fully saturated rings. The number of amides is 2. The summed E-state index contributed by atoms with van der Waals surface area (Å²) in [5.74, 6) is -1.22. The van der Waals surface area contributed by atoms with Gasteiger partial charge in [-0.2, -0.15) is 4.31 Å². The molecule has 0 bridgehead atoms. The maximum Gasteiger partial charge on any atom is 0.243 e. The van der Waals surface area contributed by atoms with Crippen LogP contribution in [0.15, 0.2) is 41.3 Å². The van der Waals surface area contributed by atoms with Crippen molar-refractivity contribution in [2.24, 2.45) is 5.92 Å². The zero-order valence-corrected chi connectivity index (χ0v) is 19.8. The molecule has 0 aromatic heterocycles. The molecule has 4 rings (SSSR count). The quantitative estimate of drug-likeness (QED) is 0.701. The number of nitrogens with one attached hydrogen (secondary N) is 1. The number of nitrogens with zero attached hydrogens (tertiary/aromatic N) is 2. The van der Waals surface area contributed by atoms with Gasteiger partial charge in [0.25, 0.3) is 0 Å². The summed E-state index contributed by atoms with van der Waals surface area (Å²) in [7, 11) is -3.71. The second-order valence-corrected chi connectivity index (χ2v) is 10.7. The molecule has 2 aliphatic rings. The largest absolute Gasteiger partial charge is 0.326 e. The number of carbonyl (C=O) groups is 2. The summed E-state index contributed by atoms with van der Waals surface area (Å²) in [6.45, 7) is 2.58. The zero-order valence-electron chi connectivity index (χ0n) is 18.2. The Morgan fingerprint density at radius 2 is 1.82 bits per heavy atom. The van der Waals surface area contributed by atoms with E-state index in [-0.39, 0.29) is 40.7 Å². The lowest BCUT2D eigenvalue weighted by atomic mass is 9.97. The van der Waals surface area contributed by atoms with Gasteiger partial charge in [0, 0.05) is 43.9 Å². The van der Waals surface area contributed by atoms with Gasteiger partial charge in [-0.15, -0.1) is 0 Å². The topological polar surface area (TPSA) is 86.8 Å². The number of carbonyl (C=O) groups excluding carboxylic acids is 2. The van der Waals surface area contributed by atoms with Crippen LogP contribution < -0.4 is 10.2 Å². The molecular weight excluding hydrogens is 469 g/mol. The summed E-state index contributed by atoms with van der Waals surface area (Å²) < 4.78 is 41.2. The van der Waals surface area contributed by atoms with Gasteiger partial charge in [-0.1, -0.05) is 11.6 Å². The lowest BCUT2D eigenvalue weighted by molar-refractivity contribution is -0.121. The van der Waals surface area contributed by atoms with Crippen LogP contribution in [0, 0.1) is 11.7 Å². The number of hydrogen-bond donors (Lipinski definition) is 1. The minimum Gasteiger partial charge on any atom is -0.326 e. The molecule has 2 aliphatic heterocycles. The average Bonchev–Trinajstić information content (AvgIpc) is 2.80. The number of anilines is 2. The minimum atomic E-state index is -3.71. The third-order valence-corrected chi connectivity index (χ3v) is 8.38. The number of benzene rings is 2. The second-order valence-electron chi connectivity index (χ2n) is 8.36. The van der Waals surface area contributed by atoms with Crippen LogP contribution in [-0.4, -0.2) is 44.2 Å². The molecule has 2 aromatic rings. The molecule has 1 saturated heterocycles. The number of aryl methyl sites for hydroxylation is 1. The van der Waals surface area contributed by atoms with Gasteiger partial charge in [0.2, 0.25) is 21.8 Å². The van der Waals surface area contributed by atoms with Crippen molar-refractivity contribution in [1.82, 2.24) is 4.31 Å². The van der Waals surface area contributed by atoms with Crippen LogP contribution in [0.3, 0.4) is 0 Å². The fourth-order valence-electron chi connectivity index (χ4n) is 4.39. The Hall–Kier alpha value is -2.49. The van der Waals surface area contributed by atoms with E-state index >= 15 is 0 Å². The first kappa shape index (κ1) is 23.7. The highest BCUT2D eigenvalue weighted by atomic mass is 35.5. The van der Waals surface area contributed by atoms with Crippen molar-refractivity contribution in [1.29, 1.82) is 0 Å². The molecule has 0 unspecified atom stereocenters. The number of rotatable bonds is 4. The number of piperidine rings is 1. The smallest absolute Gasteiger partial charge is 0.243 e. The number of fused-ring (bicyclic) bond motifs is 1. The first-order valence-electron chi connectivity index (χ1n) is 10.8. The van der Waals surface area contributed by atoms with Crippen molar-refractivity contribution in [3.63, 3.8) is 0 Å². The number of halogens is 2. The molecule has 176 valence electrons. The lowest BCUT2D eigenvalue weighted by Crippen LogP contribution is -2.41. The fourth-order valence-corrected chi connectivity index (χ4v) is 6.09. The highest BCUT2D eigenvalue weighted by Gasteiger charge is 2.33. The van der Waals surface area contributed by atoms with Crippen LogP contribution in [0.25, 0.3) is 0 Å². The van der Waals surface area contributed by atoms with Gasteiger partial charge in [0.1, 0.15) is 5.82 Å². The third-order valence-electron chi connectivity index (χ3n) is 6.20. The molecular formula is C23H25ClFN3O4S. The van der Waals surface area contributed by atoms with Gasteiger partial charge < -0.3 is 10.2 Å².